The number of fused-ring (bicyclic) bond motifs is 2. The molecule has 338 valence electrons. The minimum absolute atomic E-state index is 0.0430. The normalized spacial score (nSPS) is 22.2. The van der Waals surface area contributed by atoms with Crippen LogP contribution in [0.25, 0.3) is 10.9 Å². The number of pyridine rings is 1. The van der Waals surface area contributed by atoms with Gasteiger partial charge in [0.2, 0.25) is 17.8 Å². The van der Waals surface area contributed by atoms with E-state index in [-0.39, 0.29) is 78.8 Å². The van der Waals surface area contributed by atoms with Crippen LogP contribution < -0.4 is 31.1 Å². The number of aromatic nitrogens is 3. The van der Waals surface area contributed by atoms with E-state index in [1.165, 1.54) is 18.0 Å². The zero-order valence-electron chi connectivity index (χ0n) is 36.2. The van der Waals surface area contributed by atoms with Crippen LogP contribution in [-0.2, 0) is 25.7 Å². The number of halogens is 2. The monoisotopic (exact) mass is 897 g/mol. The molecule has 16 nitrogen and oxygen atoms in total. The Bertz CT molecular complexity index is 2550. The number of anilines is 3. The minimum atomic E-state index is -0.769. The molecule has 0 bridgehead atoms. The van der Waals surface area contributed by atoms with Crippen LogP contribution in [-0.4, -0.2) is 112 Å². The van der Waals surface area contributed by atoms with Gasteiger partial charge in [-0.2, -0.15) is 4.98 Å². The number of nitrogens with one attached hydrogen (secondary N) is 3. The molecule has 6 heterocycles. The standard InChI is InChI=1S/C46H53ClFN9O7/c1-25(2)57-36-5-4-30(17-28(36)19-38(44(57)61)63-24-40(59)49-3)51-42-34(47)22-50-46(53-42)55-14-10-32(11-15-55)64-33-20-31(21-33)54-12-8-26(9-13-54)27-16-29-23-56(45(62)41(29)35(48)18-27)37-6-7-39(58)52-43(37)60/h4-5,16-19,22,25-26,31-33,37H,6-15,20-21,23-24H2,1-3H3,(H,49,59)(H,50,51,53)(H,52,58,60). The van der Waals surface area contributed by atoms with Crippen molar-refractivity contribution in [3.8, 4) is 5.75 Å². The van der Waals surface area contributed by atoms with Crippen molar-refractivity contribution in [2.75, 3.05) is 50.1 Å². The third kappa shape index (κ3) is 8.76. The third-order valence-electron chi connectivity index (χ3n) is 13.4. The lowest BCUT2D eigenvalue weighted by atomic mass is 9.83. The van der Waals surface area contributed by atoms with Crippen molar-refractivity contribution >= 4 is 63.6 Å². The van der Waals surface area contributed by atoms with E-state index in [9.17, 15) is 24.0 Å². The highest BCUT2D eigenvalue weighted by Gasteiger charge is 2.42. The molecular weight excluding hydrogens is 845 g/mol. The SMILES string of the molecule is CNC(=O)COc1cc2cc(Nc3nc(N4CCC(OC5CC(N6CCC(c7cc(F)c8c(c7)CN(C7CCC(=O)NC7=O)C8=O)CC6)C5)CC4)ncc3Cl)ccc2n(C(C)C)c1=O. The first-order valence-electron chi connectivity index (χ1n) is 22.3. The number of likely N-dealkylation sites (tertiary alicyclic amines) is 1. The second kappa shape index (κ2) is 18.1. The van der Waals surface area contributed by atoms with Gasteiger partial charge in [0.25, 0.3) is 17.4 Å². The Morgan fingerprint density at radius 3 is 2.47 bits per heavy atom. The molecule has 3 saturated heterocycles. The van der Waals surface area contributed by atoms with Gasteiger partial charge in [-0.3, -0.25) is 29.3 Å². The summed E-state index contributed by atoms with van der Waals surface area (Å²) in [5.41, 5.74) is 2.68. The maximum atomic E-state index is 15.4. The maximum Gasteiger partial charge on any atom is 0.293 e. The molecule has 4 amide bonds. The highest BCUT2D eigenvalue weighted by molar-refractivity contribution is 6.33. The van der Waals surface area contributed by atoms with Gasteiger partial charge in [-0.05, 0) is 119 Å². The fourth-order valence-corrected chi connectivity index (χ4v) is 10.0. The first-order valence-corrected chi connectivity index (χ1v) is 22.6. The van der Waals surface area contributed by atoms with Gasteiger partial charge < -0.3 is 39.4 Å². The van der Waals surface area contributed by atoms with Crippen LogP contribution in [0.5, 0.6) is 5.75 Å². The molecule has 0 spiro atoms. The topological polar surface area (TPSA) is 180 Å². The van der Waals surface area contributed by atoms with Crippen LogP contribution in [0, 0.1) is 5.82 Å². The summed E-state index contributed by atoms with van der Waals surface area (Å²) >= 11 is 6.59. The quantitative estimate of drug-likeness (QED) is 0.159. The number of likely N-dealkylation sites (N-methyl/N-ethyl adjacent to an activating group) is 1. The zero-order valence-corrected chi connectivity index (χ0v) is 37.0. The van der Waals surface area contributed by atoms with Crippen molar-refractivity contribution in [2.24, 2.45) is 0 Å². The van der Waals surface area contributed by atoms with E-state index in [0.717, 1.165) is 81.2 Å². The van der Waals surface area contributed by atoms with E-state index in [0.29, 0.717) is 34.1 Å². The Kier molecular flexibility index (Phi) is 12.3. The molecule has 2 aromatic heterocycles. The molecule has 4 fully saturated rings. The van der Waals surface area contributed by atoms with Crippen molar-refractivity contribution in [2.45, 2.75) is 108 Å². The van der Waals surface area contributed by atoms with Crippen molar-refractivity contribution in [3.63, 3.8) is 0 Å². The molecule has 18 heteroatoms. The number of benzene rings is 2. The van der Waals surface area contributed by atoms with Crippen molar-refractivity contribution in [1.82, 2.24) is 35.0 Å². The molecule has 2 aromatic carbocycles. The lowest BCUT2D eigenvalue weighted by Crippen LogP contribution is -2.52. The molecule has 1 saturated carbocycles. The maximum absolute atomic E-state index is 15.4. The Balaban J connectivity index is 0.745. The molecule has 64 heavy (non-hydrogen) atoms. The van der Waals surface area contributed by atoms with Gasteiger partial charge in [0, 0.05) is 56.3 Å². The van der Waals surface area contributed by atoms with Crippen LogP contribution in [0.3, 0.4) is 0 Å². The van der Waals surface area contributed by atoms with Gasteiger partial charge in [0.15, 0.2) is 18.2 Å². The summed E-state index contributed by atoms with van der Waals surface area (Å²) in [6, 6.07) is 10.3. The number of imide groups is 1. The molecule has 1 aliphatic carbocycles. The molecule has 4 aromatic rings. The Morgan fingerprint density at radius 1 is 0.984 bits per heavy atom. The third-order valence-corrected chi connectivity index (χ3v) is 13.7. The predicted molar refractivity (Wildman–Crippen MR) is 238 cm³/mol. The summed E-state index contributed by atoms with van der Waals surface area (Å²) in [5.74, 6) is -0.915. The van der Waals surface area contributed by atoms with E-state index in [4.69, 9.17) is 26.1 Å². The number of hydrogen-bond acceptors (Lipinski definition) is 12. The van der Waals surface area contributed by atoms with E-state index in [2.05, 4.69) is 30.7 Å². The Hall–Kier alpha value is -5.65. The van der Waals surface area contributed by atoms with Crippen LogP contribution in [0.1, 0.15) is 98.7 Å². The molecule has 1 atom stereocenters. The summed E-state index contributed by atoms with van der Waals surface area (Å²) < 4.78 is 29.3. The number of carbonyl (C=O) groups excluding carboxylic acids is 4. The number of piperidine rings is 3. The number of rotatable bonds is 12. The van der Waals surface area contributed by atoms with Gasteiger partial charge >= 0.3 is 0 Å². The summed E-state index contributed by atoms with van der Waals surface area (Å²) in [6.07, 6.45) is 7.83. The second-order valence-corrected chi connectivity index (χ2v) is 18.2. The predicted octanol–water partition coefficient (Wildman–Crippen LogP) is 5.19. The zero-order chi connectivity index (χ0) is 44.8. The lowest BCUT2D eigenvalue weighted by molar-refractivity contribution is -0.137. The minimum Gasteiger partial charge on any atom is -0.478 e. The number of ether oxygens (including phenoxy) is 2. The Labute approximate surface area is 374 Å². The van der Waals surface area contributed by atoms with Crippen molar-refractivity contribution < 1.29 is 33.0 Å². The average molecular weight is 898 g/mol. The Morgan fingerprint density at radius 2 is 1.75 bits per heavy atom. The molecule has 0 radical (unpaired) electrons. The van der Waals surface area contributed by atoms with Crippen LogP contribution in [0.4, 0.5) is 21.8 Å². The number of amides is 4. The highest BCUT2D eigenvalue weighted by atomic mass is 35.5. The largest absolute Gasteiger partial charge is 0.478 e. The highest BCUT2D eigenvalue weighted by Crippen LogP contribution is 2.39. The smallest absolute Gasteiger partial charge is 0.293 e. The molecule has 1 unspecified atom stereocenters. The summed E-state index contributed by atoms with van der Waals surface area (Å²) in [7, 11) is 1.51. The molecule has 4 aliphatic heterocycles. The van der Waals surface area contributed by atoms with E-state index in [1.54, 1.807) is 16.8 Å². The number of nitrogens with zero attached hydrogens (tertiary/aromatic N) is 6. The van der Waals surface area contributed by atoms with E-state index >= 15 is 4.39 Å². The van der Waals surface area contributed by atoms with Crippen LogP contribution in [0.2, 0.25) is 5.02 Å². The fourth-order valence-electron chi connectivity index (χ4n) is 9.89. The van der Waals surface area contributed by atoms with Crippen molar-refractivity contribution in [1.29, 1.82) is 0 Å². The molecule has 3 N–H and O–H groups in total. The first-order chi connectivity index (χ1) is 30.8. The van der Waals surface area contributed by atoms with Gasteiger partial charge in [0.1, 0.15) is 16.9 Å². The van der Waals surface area contributed by atoms with Gasteiger partial charge in [-0.1, -0.05) is 17.7 Å². The fraction of sp³-hybridized carbons (Fsp3) is 0.500. The average Bonchev–Trinajstić information content (AvgIpc) is 3.60. The summed E-state index contributed by atoms with van der Waals surface area (Å²) in [5, 5.41) is 9.24. The molecule has 9 rings (SSSR count). The van der Waals surface area contributed by atoms with Crippen LogP contribution >= 0.6 is 11.6 Å². The van der Waals surface area contributed by atoms with Gasteiger partial charge in [-0.25, -0.2) is 9.37 Å². The van der Waals surface area contributed by atoms with E-state index in [1.807, 2.05) is 38.1 Å². The second-order valence-electron chi connectivity index (χ2n) is 17.8. The van der Waals surface area contributed by atoms with Gasteiger partial charge in [-0.15, -0.1) is 0 Å². The van der Waals surface area contributed by atoms with E-state index < -0.39 is 23.7 Å². The lowest BCUT2D eigenvalue weighted by Gasteiger charge is -2.47. The first kappa shape index (κ1) is 43.6. The summed E-state index contributed by atoms with van der Waals surface area (Å²) in [4.78, 5) is 77.8. The van der Waals surface area contributed by atoms with Crippen LogP contribution in [0.15, 0.2) is 47.4 Å². The van der Waals surface area contributed by atoms with Gasteiger partial charge in [0.05, 0.1) is 29.5 Å². The number of carbonyl (C=O) groups is 4. The summed E-state index contributed by atoms with van der Waals surface area (Å²) in [6.45, 7) is 7.04. The van der Waals surface area contributed by atoms with Crippen molar-refractivity contribution in [3.05, 3.63) is 80.5 Å². The number of hydrogen-bond donors (Lipinski definition) is 3. The molecule has 5 aliphatic rings. The molecular formula is C46H53ClFN9O7.